The highest BCUT2D eigenvalue weighted by Crippen LogP contribution is 2.32. The number of anilines is 1. The van der Waals surface area contributed by atoms with Crippen LogP contribution in [0.3, 0.4) is 0 Å². The van der Waals surface area contributed by atoms with Gasteiger partial charge in [0.25, 0.3) is 17.7 Å². The number of para-hydroxylation sites is 1. The maximum absolute atomic E-state index is 12.9. The lowest BCUT2D eigenvalue weighted by atomic mass is 10.0. The third-order valence-electron chi connectivity index (χ3n) is 5.86. The molecule has 0 aliphatic carbocycles. The maximum atomic E-state index is 12.9. The number of benzene rings is 2. The Balaban J connectivity index is 1.33. The van der Waals surface area contributed by atoms with Crippen molar-refractivity contribution < 1.29 is 23.6 Å². The summed E-state index contributed by atoms with van der Waals surface area (Å²) >= 11 is 0. The van der Waals surface area contributed by atoms with Crippen LogP contribution < -0.4 is 15.0 Å². The van der Waals surface area contributed by atoms with Crippen LogP contribution in [0.4, 0.5) is 10.5 Å². The number of carbonyl (C=O) groups excluding carboxylic acids is 3. The Morgan fingerprint density at radius 3 is 2.76 bits per heavy atom. The number of piperidine rings is 1. The molecule has 1 N–H and O–H groups in total. The van der Waals surface area contributed by atoms with Crippen LogP contribution >= 0.6 is 0 Å². The molecule has 10 nitrogen and oxygen atoms in total. The average molecular weight is 461 g/mol. The van der Waals surface area contributed by atoms with E-state index in [-0.39, 0.29) is 36.9 Å². The van der Waals surface area contributed by atoms with Crippen molar-refractivity contribution in [1.82, 2.24) is 20.4 Å². The van der Waals surface area contributed by atoms with Crippen LogP contribution in [0.15, 0.2) is 59.1 Å². The number of aromatic nitrogens is 2. The van der Waals surface area contributed by atoms with Gasteiger partial charge in [-0.3, -0.25) is 9.59 Å². The summed E-state index contributed by atoms with van der Waals surface area (Å²) in [6, 6.07) is 15.2. The molecule has 2 aliphatic heterocycles. The molecule has 3 aromatic rings. The van der Waals surface area contributed by atoms with Gasteiger partial charge in [-0.2, -0.15) is 4.98 Å². The van der Waals surface area contributed by atoms with E-state index >= 15 is 0 Å². The van der Waals surface area contributed by atoms with Crippen LogP contribution in [-0.2, 0) is 9.59 Å². The van der Waals surface area contributed by atoms with Gasteiger partial charge < -0.3 is 19.5 Å². The van der Waals surface area contributed by atoms with E-state index in [0.29, 0.717) is 29.4 Å². The van der Waals surface area contributed by atoms with Gasteiger partial charge in [0, 0.05) is 12.1 Å². The zero-order chi connectivity index (χ0) is 23.5. The van der Waals surface area contributed by atoms with Crippen LogP contribution in [0, 0.1) is 0 Å². The van der Waals surface area contributed by atoms with Gasteiger partial charge >= 0.3 is 6.03 Å². The van der Waals surface area contributed by atoms with Gasteiger partial charge in [-0.05, 0) is 49.6 Å². The summed E-state index contributed by atoms with van der Waals surface area (Å²) in [5.41, 5.74) is 0.995. The van der Waals surface area contributed by atoms with Crippen molar-refractivity contribution in [2.75, 3.05) is 24.6 Å². The van der Waals surface area contributed by atoms with E-state index in [1.165, 1.54) is 0 Å². The van der Waals surface area contributed by atoms with Crippen molar-refractivity contribution in [3.05, 3.63) is 60.4 Å². The van der Waals surface area contributed by atoms with Gasteiger partial charge in [-0.1, -0.05) is 29.4 Å². The van der Waals surface area contributed by atoms with Crippen molar-refractivity contribution in [3.63, 3.8) is 0 Å². The second kappa shape index (κ2) is 9.34. The molecular formula is C24H23N5O5. The Morgan fingerprint density at radius 2 is 1.97 bits per heavy atom. The maximum Gasteiger partial charge on any atom is 0.329 e. The highest BCUT2D eigenvalue weighted by molar-refractivity contribution is 6.19. The lowest BCUT2D eigenvalue weighted by molar-refractivity contribution is -0.137. The minimum absolute atomic E-state index is 0.0344. The Hall–Kier alpha value is -4.21. The van der Waals surface area contributed by atoms with Gasteiger partial charge in [0.05, 0.1) is 18.3 Å². The smallest absolute Gasteiger partial charge is 0.329 e. The number of hydrogen-bond donors (Lipinski definition) is 1. The molecule has 5 rings (SSSR count). The number of likely N-dealkylation sites (tertiary alicyclic amines) is 1. The summed E-state index contributed by atoms with van der Waals surface area (Å²) < 4.78 is 11.1. The lowest BCUT2D eigenvalue weighted by Crippen LogP contribution is -2.41. The normalized spacial score (nSPS) is 18.2. The summed E-state index contributed by atoms with van der Waals surface area (Å²) in [4.78, 5) is 44.3. The number of rotatable bonds is 6. The molecule has 2 saturated heterocycles. The molecule has 34 heavy (non-hydrogen) atoms. The fraction of sp³-hybridized carbons (Fsp3) is 0.292. The van der Waals surface area contributed by atoms with Crippen molar-refractivity contribution in [1.29, 1.82) is 0 Å². The van der Waals surface area contributed by atoms with Gasteiger partial charge in [0.2, 0.25) is 0 Å². The third-order valence-corrected chi connectivity index (χ3v) is 5.86. The second-order valence-electron chi connectivity index (χ2n) is 8.10. The molecule has 4 amide bonds. The van der Waals surface area contributed by atoms with E-state index in [0.717, 1.165) is 24.2 Å². The van der Waals surface area contributed by atoms with E-state index in [1.54, 1.807) is 41.3 Å². The zero-order valence-corrected chi connectivity index (χ0v) is 18.3. The number of amides is 4. The third kappa shape index (κ3) is 4.34. The van der Waals surface area contributed by atoms with E-state index < -0.39 is 6.03 Å². The number of imide groups is 1. The number of hydrogen-bond acceptors (Lipinski definition) is 7. The largest absolute Gasteiger partial charge is 0.484 e. The molecule has 0 saturated carbocycles. The summed E-state index contributed by atoms with van der Waals surface area (Å²) in [6.07, 6.45) is 2.56. The molecule has 3 heterocycles. The Kier molecular flexibility index (Phi) is 5.94. The summed E-state index contributed by atoms with van der Waals surface area (Å²) in [5.74, 6) is 0.838. The Bertz CT molecular complexity index is 1200. The molecule has 1 aromatic heterocycles. The molecule has 0 radical (unpaired) electrons. The first-order chi connectivity index (χ1) is 16.6. The first kappa shape index (κ1) is 21.6. The number of ether oxygens (including phenoxy) is 1. The quantitative estimate of drug-likeness (QED) is 0.561. The highest BCUT2D eigenvalue weighted by atomic mass is 16.5. The minimum Gasteiger partial charge on any atom is -0.484 e. The van der Waals surface area contributed by atoms with Gasteiger partial charge in [-0.15, -0.1) is 0 Å². The standard InChI is InChI=1S/C24H23N5O5/c30-20-14-25-24(32)29(20)17-8-6-7-16(13-17)23-26-22(27-34-23)19-11-4-5-12-28(19)21(31)15-33-18-9-2-1-3-10-18/h1-3,6-10,13,19H,4-5,11-12,14-15H2,(H,25,32). The van der Waals surface area contributed by atoms with Crippen LogP contribution in [0.2, 0.25) is 0 Å². The molecule has 1 unspecified atom stereocenters. The molecule has 0 bridgehead atoms. The van der Waals surface area contributed by atoms with Gasteiger partial charge in [0.1, 0.15) is 5.75 Å². The number of nitrogens with one attached hydrogen (secondary N) is 1. The molecule has 2 aromatic carbocycles. The van der Waals surface area contributed by atoms with Gasteiger partial charge in [-0.25, -0.2) is 9.69 Å². The molecule has 1 atom stereocenters. The number of nitrogens with zero attached hydrogens (tertiary/aromatic N) is 4. The molecule has 2 aliphatic rings. The van der Waals surface area contributed by atoms with E-state index in [1.807, 2.05) is 18.2 Å². The monoisotopic (exact) mass is 461 g/mol. The predicted molar refractivity (Wildman–Crippen MR) is 121 cm³/mol. The first-order valence-corrected chi connectivity index (χ1v) is 11.1. The van der Waals surface area contributed by atoms with Crippen LogP contribution in [-0.4, -0.2) is 52.6 Å². The van der Waals surface area contributed by atoms with Crippen molar-refractivity contribution in [3.8, 4) is 17.2 Å². The van der Waals surface area contributed by atoms with Crippen molar-refractivity contribution in [2.24, 2.45) is 0 Å². The second-order valence-corrected chi connectivity index (χ2v) is 8.10. The molecule has 0 spiro atoms. The molecule has 174 valence electrons. The average Bonchev–Trinajstić information content (AvgIpc) is 3.50. The lowest BCUT2D eigenvalue weighted by Gasteiger charge is -2.33. The van der Waals surface area contributed by atoms with Crippen molar-refractivity contribution in [2.45, 2.75) is 25.3 Å². The Labute approximate surface area is 195 Å². The molecule has 2 fully saturated rings. The highest BCUT2D eigenvalue weighted by Gasteiger charge is 2.33. The van der Waals surface area contributed by atoms with Crippen LogP contribution in [0.5, 0.6) is 5.75 Å². The number of carbonyl (C=O) groups is 3. The topological polar surface area (TPSA) is 118 Å². The molecular weight excluding hydrogens is 438 g/mol. The van der Waals surface area contributed by atoms with Gasteiger partial charge in [0.15, 0.2) is 12.4 Å². The van der Waals surface area contributed by atoms with Crippen LogP contribution in [0.1, 0.15) is 31.1 Å². The van der Waals surface area contributed by atoms with Crippen molar-refractivity contribution >= 4 is 23.5 Å². The zero-order valence-electron chi connectivity index (χ0n) is 18.3. The van der Waals surface area contributed by atoms with E-state index in [4.69, 9.17) is 9.26 Å². The summed E-state index contributed by atoms with van der Waals surface area (Å²) in [7, 11) is 0. The first-order valence-electron chi connectivity index (χ1n) is 11.1. The predicted octanol–water partition coefficient (Wildman–Crippen LogP) is 2.93. The summed E-state index contributed by atoms with van der Waals surface area (Å²) in [5, 5.41) is 6.64. The molecule has 10 heteroatoms. The van der Waals surface area contributed by atoms with E-state index in [9.17, 15) is 14.4 Å². The fourth-order valence-corrected chi connectivity index (χ4v) is 4.19. The Morgan fingerprint density at radius 1 is 1.12 bits per heavy atom. The minimum atomic E-state index is -0.470. The van der Waals surface area contributed by atoms with Crippen LogP contribution in [0.25, 0.3) is 11.5 Å². The summed E-state index contributed by atoms with van der Waals surface area (Å²) in [6.45, 7) is 0.486. The fourth-order valence-electron chi connectivity index (χ4n) is 4.19. The van der Waals surface area contributed by atoms with E-state index in [2.05, 4.69) is 15.5 Å². The SMILES string of the molecule is O=C1CNC(=O)N1c1cccc(-c2nc(C3CCCCN3C(=O)COc3ccccc3)no2)c1. The number of urea groups is 1.